The first kappa shape index (κ1) is 26.8. The molecule has 33 heavy (non-hydrogen) atoms. The second kappa shape index (κ2) is 10.7. The molecule has 0 atom stereocenters. The second-order valence-electron chi connectivity index (χ2n) is 10.0. The molecule has 0 fully saturated rings. The molecule has 3 nitrogen and oxygen atoms in total. The van der Waals surface area contributed by atoms with Crippen LogP contribution in [0, 0.1) is 0 Å². The number of halogens is 2. The van der Waals surface area contributed by atoms with E-state index in [2.05, 4.69) is 44.6 Å². The lowest BCUT2D eigenvalue weighted by Crippen LogP contribution is -2.34. The van der Waals surface area contributed by atoms with Crippen molar-refractivity contribution < 1.29 is 23.0 Å². The van der Waals surface area contributed by atoms with Gasteiger partial charge in [-0.2, -0.15) is 4.39 Å². The van der Waals surface area contributed by atoms with Crippen LogP contribution in [0.5, 0.6) is 5.75 Å². The number of rotatable bonds is 8. The van der Waals surface area contributed by atoms with E-state index >= 15 is 4.39 Å². The van der Waals surface area contributed by atoms with Crippen molar-refractivity contribution in [3.05, 3.63) is 58.2 Å². The lowest BCUT2D eigenvalue weighted by atomic mass is 9.62. The molecule has 0 unspecified atom stereocenters. The Balaban J connectivity index is 2.58. The predicted molar refractivity (Wildman–Crippen MR) is 131 cm³/mol. The number of carbonyl (C=O) groups excluding carboxylic acids is 1. The van der Waals surface area contributed by atoms with Gasteiger partial charge in [0.1, 0.15) is 11.6 Å². The van der Waals surface area contributed by atoms with E-state index in [-0.39, 0.29) is 23.0 Å². The van der Waals surface area contributed by atoms with Gasteiger partial charge in [-0.15, -0.1) is 0 Å². The fourth-order valence-corrected chi connectivity index (χ4v) is 4.10. The molecule has 0 bridgehead atoms. The molecule has 0 N–H and O–H groups in total. The molecule has 0 radical (unpaired) electrons. The van der Waals surface area contributed by atoms with Crippen LogP contribution >= 0.6 is 0 Å². The van der Waals surface area contributed by atoms with Gasteiger partial charge in [0, 0.05) is 5.56 Å². The SMILES string of the molecule is CCCOc1cc2c(cc1\C(C)=C(F)/C=C/C(C)=C(/F)C(=O)OCC)C(C)(C)CCC2(C)C. The molecule has 1 aliphatic rings. The van der Waals surface area contributed by atoms with Gasteiger partial charge in [-0.05, 0) is 91.3 Å². The number of carbonyl (C=O) groups is 1. The summed E-state index contributed by atoms with van der Waals surface area (Å²) in [5.74, 6) is -1.92. The molecule has 0 aromatic heterocycles. The number of fused-ring (bicyclic) bond motifs is 1. The third-order valence-corrected chi connectivity index (χ3v) is 6.46. The van der Waals surface area contributed by atoms with Gasteiger partial charge in [0.15, 0.2) is 0 Å². The number of esters is 1. The normalized spacial score (nSPS) is 18.4. The largest absolute Gasteiger partial charge is 0.493 e. The summed E-state index contributed by atoms with van der Waals surface area (Å²) in [7, 11) is 0. The summed E-state index contributed by atoms with van der Waals surface area (Å²) in [5.41, 5.74) is 3.54. The van der Waals surface area contributed by atoms with Crippen molar-refractivity contribution in [2.24, 2.45) is 0 Å². The molecular weight excluding hydrogens is 422 g/mol. The molecule has 0 spiro atoms. The zero-order valence-corrected chi connectivity index (χ0v) is 21.3. The van der Waals surface area contributed by atoms with Crippen molar-refractivity contribution in [3.8, 4) is 5.75 Å². The predicted octanol–water partition coefficient (Wildman–Crippen LogP) is 7.89. The highest BCUT2D eigenvalue weighted by Gasteiger charge is 2.38. The Morgan fingerprint density at radius 2 is 1.58 bits per heavy atom. The number of allylic oxidation sites excluding steroid dienone is 5. The van der Waals surface area contributed by atoms with Gasteiger partial charge in [-0.25, -0.2) is 9.18 Å². The standard InChI is InChI=1S/C28H38F2O3/c1-9-15-33-24-17-22-21(27(5,6)13-14-28(22,7)8)16-20(24)19(4)23(29)12-11-18(3)25(30)26(31)32-10-2/h11-12,16-17H,9-10,13-15H2,1-8H3/b12-11+,23-19+,25-18+. The van der Waals surface area contributed by atoms with Gasteiger partial charge < -0.3 is 9.47 Å². The summed E-state index contributed by atoms with van der Waals surface area (Å²) in [5, 5.41) is 0. The Morgan fingerprint density at radius 3 is 2.12 bits per heavy atom. The monoisotopic (exact) mass is 460 g/mol. The molecule has 5 heteroatoms. The van der Waals surface area contributed by atoms with Crippen LogP contribution in [0.25, 0.3) is 5.57 Å². The van der Waals surface area contributed by atoms with Crippen molar-refractivity contribution >= 4 is 11.5 Å². The van der Waals surface area contributed by atoms with E-state index < -0.39 is 17.6 Å². The summed E-state index contributed by atoms with van der Waals surface area (Å²) < 4.78 is 40.0. The molecule has 0 saturated heterocycles. The maximum atomic E-state index is 15.2. The van der Waals surface area contributed by atoms with Crippen LogP contribution in [0.2, 0.25) is 0 Å². The lowest BCUT2D eigenvalue weighted by molar-refractivity contribution is -0.140. The molecule has 0 amide bonds. The molecule has 0 saturated carbocycles. The topological polar surface area (TPSA) is 35.5 Å². The minimum absolute atomic E-state index is 0.00665. The van der Waals surface area contributed by atoms with Crippen molar-refractivity contribution in [1.29, 1.82) is 0 Å². The van der Waals surface area contributed by atoms with E-state index in [1.807, 2.05) is 6.92 Å². The maximum absolute atomic E-state index is 15.2. The third kappa shape index (κ3) is 6.13. The summed E-state index contributed by atoms with van der Waals surface area (Å²) in [6.45, 7) is 16.3. The van der Waals surface area contributed by atoms with Gasteiger partial charge in [-0.1, -0.05) is 40.7 Å². The van der Waals surface area contributed by atoms with Crippen LogP contribution in [0.15, 0.2) is 41.5 Å². The van der Waals surface area contributed by atoms with Gasteiger partial charge in [0.25, 0.3) is 0 Å². The van der Waals surface area contributed by atoms with Crippen molar-refractivity contribution in [2.75, 3.05) is 13.2 Å². The number of hydrogen-bond donors (Lipinski definition) is 0. The smallest absolute Gasteiger partial charge is 0.367 e. The minimum atomic E-state index is -1.05. The first-order valence-electron chi connectivity index (χ1n) is 11.8. The van der Waals surface area contributed by atoms with Crippen molar-refractivity contribution in [3.63, 3.8) is 0 Å². The van der Waals surface area contributed by atoms with E-state index in [0.717, 1.165) is 19.3 Å². The van der Waals surface area contributed by atoms with Crippen LogP contribution in [-0.4, -0.2) is 19.2 Å². The number of benzene rings is 1. The Bertz CT molecular complexity index is 981. The summed E-state index contributed by atoms with van der Waals surface area (Å²) in [6, 6.07) is 4.14. The van der Waals surface area contributed by atoms with Gasteiger partial charge in [-0.3, -0.25) is 0 Å². The molecule has 2 rings (SSSR count). The molecule has 0 aliphatic heterocycles. The third-order valence-electron chi connectivity index (χ3n) is 6.46. The highest BCUT2D eigenvalue weighted by molar-refractivity contribution is 5.87. The van der Waals surface area contributed by atoms with Crippen LogP contribution in [0.4, 0.5) is 8.78 Å². The molecule has 1 aromatic carbocycles. The molecule has 0 heterocycles. The quantitative estimate of drug-likeness (QED) is 0.225. The van der Waals surface area contributed by atoms with E-state index in [0.29, 0.717) is 23.5 Å². The maximum Gasteiger partial charge on any atom is 0.367 e. The van der Waals surface area contributed by atoms with Crippen LogP contribution in [0.3, 0.4) is 0 Å². The van der Waals surface area contributed by atoms with Crippen molar-refractivity contribution in [1.82, 2.24) is 0 Å². The van der Waals surface area contributed by atoms with Crippen LogP contribution < -0.4 is 4.74 Å². The minimum Gasteiger partial charge on any atom is -0.493 e. The highest BCUT2D eigenvalue weighted by Crippen LogP contribution is 2.48. The summed E-state index contributed by atoms with van der Waals surface area (Å²) in [6.07, 6.45) is 5.39. The fourth-order valence-electron chi connectivity index (χ4n) is 4.10. The lowest BCUT2D eigenvalue weighted by Gasteiger charge is -2.42. The number of ether oxygens (including phenoxy) is 2. The molecule has 1 aliphatic carbocycles. The molecular formula is C28H38F2O3. The second-order valence-corrected chi connectivity index (χ2v) is 10.0. The average Bonchev–Trinajstić information content (AvgIpc) is 2.77. The molecule has 1 aromatic rings. The molecule has 182 valence electrons. The average molecular weight is 461 g/mol. The first-order valence-corrected chi connectivity index (χ1v) is 11.8. The highest BCUT2D eigenvalue weighted by atomic mass is 19.1. The van der Waals surface area contributed by atoms with Crippen LogP contribution in [0.1, 0.15) is 91.3 Å². The van der Waals surface area contributed by atoms with E-state index in [1.165, 1.54) is 30.2 Å². The Hall–Kier alpha value is -2.43. The van der Waals surface area contributed by atoms with Gasteiger partial charge in [0.2, 0.25) is 5.83 Å². The first-order chi connectivity index (χ1) is 15.4. The Kier molecular flexibility index (Phi) is 8.67. The summed E-state index contributed by atoms with van der Waals surface area (Å²) in [4.78, 5) is 11.6. The zero-order chi connectivity index (χ0) is 25.0. The number of hydrogen-bond acceptors (Lipinski definition) is 3. The van der Waals surface area contributed by atoms with E-state index in [9.17, 15) is 9.18 Å². The van der Waals surface area contributed by atoms with Gasteiger partial charge in [0.05, 0.1) is 13.2 Å². The van der Waals surface area contributed by atoms with E-state index in [1.54, 1.807) is 13.8 Å². The van der Waals surface area contributed by atoms with Gasteiger partial charge >= 0.3 is 5.97 Å². The van der Waals surface area contributed by atoms with Crippen molar-refractivity contribution in [2.45, 2.75) is 85.5 Å². The van der Waals surface area contributed by atoms with E-state index in [4.69, 9.17) is 4.74 Å². The fraction of sp³-hybridized carbons (Fsp3) is 0.536. The Labute approximate surface area is 197 Å². The Morgan fingerprint density at radius 1 is 1.00 bits per heavy atom. The summed E-state index contributed by atoms with van der Waals surface area (Å²) >= 11 is 0. The van der Waals surface area contributed by atoms with Crippen LogP contribution in [-0.2, 0) is 20.4 Å². The zero-order valence-electron chi connectivity index (χ0n) is 21.3.